The summed E-state index contributed by atoms with van der Waals surface area (Å²) in [7, 11) is 0. The fraction of sp³-hybridized carbons (Fsp3) is 0.619. The normalized spacial score (nSPS) is 21.9. The predicted molar refractivity (Wildman–Crippen MR) is 106 cm³/mol. The second-order valence-electron chi connectivity index (χ2n) is 7.57. The molecule has 1 atom stereocenters. The lowest BCUT2D eigenvalue weighted by Gasteiger charge is -2.41. The van der Waals surface area contributed by atoms with Crippen molar-refractivity contribution in [2.45, 2.75) is 45.6 Å². The molecule has 2 heterocycles. The van der Waals surface area contributed by atoms with E-state index >= 15 is 0 Å². The molecule has 0 bridgehead atoms. The molecule has 6 heteroatoms. The van der Waals surface area contributed by atoms with Crippen LogP contribution in [-0.4, -0.2) is 60.5 Å². The topological polar surface area (TPSA) is 49.9 Å². The minimum Gasteiger partial charge on any atom is -0.450 e. The first kappa shape index (κ1) is 20.2. The summed E-state index contributed by atoms with van der Waals surface area (Å²) in [6.07, 6.45) is 3.67. The molecule has 2 aliphatic rings. The van der Waals surface area contributed by atoms with Gasteiger partial charge in [-0.1, -0.05) is 11.6 Å². The van der Waals surface area contributed by atoms with Gasteiger partial charge in [0.2, 0.25) is 0 Å². The molecule has 0 saturated carbocycles. The fourth-order valence-corrected chi connectivity index (χ4v) is 4.53. The Morgan fingerprint density at radius 2 is 1.93 bits per heavy atom. The summed E-state index contributed by atoms with van der Waals surface area (Å²) >= 11 is 6.03. The second-order valence-corrected chi connectivity index (χ2v) is 8.01. The summed E-state index contributed by atoms with van der Waals surface area (Å²) in [5.41, 5.74) is 1.75. The van der Waals surface area contributed by atoms with Gasteiger partial charge < -0.3 is 9.64 Å². The van der Waals surface area contributed by atoms with Gasteiger partial charge in [0.25, 0.3) is 0 Å². The number of ketones is 1. The van der Waals surface area contributed by atoms with Gasteiger partial charge in [0.15, 0.2) is 5.78 Å². The quantitative estimate of drug-likeness (QED) is 0.722. The van der Waals surface area contributed by atoms with Crippen LogP contribution in [0, 0.1) is 12.8 Å². The number of hydrogen-bond donors (Lipinski definition) is 0. The Morgan fingerprint density at radius 3 is 2.59 bits per heavy atom. The monoisotopic (exact) mass is 392 g/mol. The van der Waals surface area contributed by atoms with Gasteiger partial charge in [0, 0.05) is 42.2 Å². The van der Waals surface area contributed by atoms with Gasteiger partial charge in [0.05, 0.1) is 6.61 Å². The summed E-state index contributed by atoms with van der Waals surface area (Å²) in [5.74, 6) is 0.277. The molecule has 1 aromatic carbocycles. The van der Waals surface area contributed by atoms with E-state index in [0.29, 0.717) is 17.7 Å². The largest absolute Gasteiger partial charge is 0.450 e. The minimum absolute atomic E-state index is 0.0433. The Balaban J connectivity index is 1.58. The van der Waals surface area contributed by atoms with Crippen LogP contribution in [0.1, 0.15) is 48.5 Å². The van der Waals surface area contributed by atoms with E-state index in [2.05, 4.69) is 4.90 Å². The average molecular weight is 393 g/mol. The Labute approximate surface area is 166 Å². The number of amides is 1. The zero-order valence-electron chi connectivity index (χ0n) is 16.2. The lowest BCUT2D eigenvalue weighted by Crippen LogP contribution is -2.50. The van der Waals surface area contributed by atoms with Gasteiger partial charge in [0.1, 0.15) is 0 Å². The molecule has 0 unspecified atom stereocenters. The molecule has 0 spiro atoms. The van der Waals surface area contributed by atoms with Crippen molar-refractivity contribution in [3.63, 3.8) is 0 Å². The first-order valence-corrected chi connectivity index (χ1v) is 10.3. The van der Waals surface area contributed by atoms with Crippen LogP contribution in [0.3, 0.4) is 0 Å². The van der Waals surface area contributed by atoms with E-state index in [1.54, 1.807) is 11.0 Å². The van der Waals surface area contributed by atoms with Crippen LogP contribution in [0.2, 0.25) is 5.02 Å². The second kappa shape index (κ2) is 9.07. The number of halogens is 1. The number of nitrogens with zero attached hydrogens (tertiary/aromatic N) is 2. The number of carbonyl (C=O) groups excluding carboxylic acids is 2. The lowest BCUT2D eigenvalue weighted by atomic mass is 9.87. The van der Waals surface area contributed by atoms with Crippen molar-refractivity contribution < 1.29 is 14.3 Å². The van der Waals surface area contributed by atoms with Gasteiger partial charge >= 0.3 is 6.09 Å². The Morgan fingerprint density at radius 1 is 1.19 bits per heavy atom. The molecule has 0 aliphatic carbocycles. The number of piperidine rings is 2. The zero-order chi connectivity index (χ0) is 19.4. The third-order valence-corrected chi connectivity index (χ3v) is 6.02. The number of hydrogen-bond acceptors (Lipinski definition) is 4. The molecule has 5 nitrogen and oxygen atoms in total. The number of rotatable bonds is 4. The molecule has 1 aromatic rings. The summed E-state index contributed by atoms with van der Waals surface area (Å²) in [6.45, 7) is 7.50. The van der Waals surface area contributed by atoms with Crippen LogP contribution in [0.4, 0.5) is 4.79 Å². The standard InChI is InChI=1S/C21H29ClN2O3/c1-3-27-21(26)23-11-8-18(9-12-23)24-10-4-5-16(14-24)20(25)19-7-6-17(22)13-15(19)2/h6-7,13,16,18H,3-5,8-12,14H2,1-2H3/t16-/m1/s1. The van der Waals surface area contributed by atoms with Crippen molar-refractivity contribution in [1.82, 2.24) is 9.80 Å². The van der Waals surface area contributed by atoms with E-state index in [0.717, 1.165) is 63.0 Å². The molecule has 1 amide bonds. The lowest BCUT2D eigenvalue weighted by molar-refractivity contribution is 0.0532. The Hall–Kier alpha value is -1.59. The first-order valence-electron chi connectivity index (χ1n) is 9.95. The molecule has 2 aliphatic heterocycles. The van der Waals surface area contributed by atoms with E-state index in [9.17, 15) is 9.59 Å². The summed E-state index contributed by atoms with van der Waals surface area (Å²) in [4.78, 5) is 29.2. The van der Waals surface area contributed by atoms with E-state index in [-0.39, 0.29) is 17.8 Å². The Bertz CT molecular complexity index is 686. The molecule has 0 radical (unpaired) electrons. The van der Waals surface area contributed by atoms with Crippen molar-refractivity contribution in [3.8, 4) is 0 Å². The zero-order valence-corrected chi connectivity index (χ0v) is 17.0. The van der Waals surface area contributed by atoms with E-state index < -0.39 is 0 Å². The third-order valence-electron chi connectivity index (χ3n) is 5.78. The third kappa shape index (κ3) is 4.82. The molecular formula is C21H29ClN2O3. The highest BCUT2D eigenvalue weighted by Gasteiger charge is 2.33. The SMILES string of the molecule is CCOC(=O)N1CCC(N2CCC[C@@H](C(=O)c3ccc(Cl)cc3C)C2)CC1. The number of likely N-dealkylation sites (tertiary alicyclic amines) is 2. The molecular weight excluding hydrogens is 364 g/mol. The van der Waals surface area contributed by atoms with E-state index in [1.807, 2.05) is 26.0 Å². The summed E-state index contributed by atoms with van der Waals surface area (Å²) in [5, 5.41) is 0.669. The van der Waals surface area contributed by atoms with Crippen LogP contribution in [0.15, 0.2) is 18.2 Å². The van der Waals surface area contributed by atoms with Gasteiger partial charge in [-0.25, -0.2) is 4.79 Å². The van der Waals surface area contributed by atoms with Gasteiger partial charge in [-0.2, -0.15) is 0 Å². The molecule has 0 N–H and O–H groups in total. The molecule has 27 heavy (non-hydrogen) atoms. The van der Waals surface area contributed by atoms with Crippen molar-refractivity contribution >= 4 is 23.5 Å². The Kier molecular flexibility index (Phi) is 6.77. The van der Waals surface area contributed by atoms with E-state index in [4.69, 9.17) is 16.3 Å². The number of ether oxygens (including phenoxy) is 1. The highest BCUT2D eigenvalue weighted by molar-refractivity contribution is 6.30. The van der Waals surface area contributed by atoms with Crippen molar-refractivity contribution in [1.29, 1.82) is 0 Å². The number of Topliss-reactive ketones (excluding diaryl/α,β-unsaturated/α-hetero) is 1. The van der Waals surface area contributed by atoms with Crippen LogP contribution >= 0.6 is 11.6 Å². The maximum Gasteiger partial charge on any atom is 0.409 e. The number of benzene rings is 1. The minimum atomic E-state index is -0.208. The van der Waals surface area contributed by atoms with Crippen LogP contribution < -0.4 is 0 Å². The number of carbonyl (C=O) groups is 2. The van der Waals surface area contributed by atoms with Crippen LogP contribution in [0.25, 0.3) is 0 Å². The van der Waals surface area contributed by atoms with Crippen molar-refractivity contribution in [3.05, 3.63) is 34.3 Å². The summed E-state index contributed by atoms with van der Waals surface area (Å²) < 4.78 is 5.10. The molecule has 148 valence electrons. The molecule has 2 fully saturated rings. The van der Waals surface area contributed by atoms with E-state index in [1.165, 1.54) is 0 Å². The maximum absolute atomic E-state index is 13.0. The molecule has 3 rings (SSSR count). The van der Waals surface area contributed by atoms with Gasteiger partial charge in [-0.05, 0) is 69.8 Å². The smallest absolute Gasteiger partial charge is 0.409 e. The molecule has 0 aromatic heterocycles. The highest BCUT2D eigenvalue weighted by atomic mass is 35.5. The van der Waals surface area contributed by atoms with Crippen LogP contribution in [-0.2, 0) is 4.74 Å². The first-order chi connectivity index (χ1) is 13.0. The number of aryl methyl sites for hydroxylation is 1. The average Bonchev–Trinajstić information content (AvgIpc) is 2.68. The highest BCUT2D eigenvalue weighted by Crippen LogP contribution is 2.27. The van der Waals surface area contributed by atoms with Gasteiger partial charge in [-0.3, -0.25) is 9.69 Å². The fourth-order valence-electron chi connectivity index (χ4n) is 4.30. The van der Waals surface area contributed by atoms with Crippen molar-refractivity contribution in [2.75, 3.05) is 32.8 Å². The predicted octanol–water partition coefficient (Wildman–Crippen LogP) is 4.16. The van der Waals surface area contributed by atoms with Gasteiger partial charge in [-0.15, -0.1) is 0 Å². The molecule has 2 saturated heterocycles. The maximum atomic E-state index is 13.0. The van der Waals surface area contributed by atoms with Crippen molar-refractivity contribution in [2.24, 2.45) is 5.92 Å². The summed E-state index contributed by atoms with van der Waals surface area (Å²) in [6, 6.07) is 5.96. The van der Waals surface area contributed by atoms with Crippen LogP contribution in [0.5, 0.6) is 0 Å².